The first-order valence-electron chi connectivity index (χ1n) is 5.26. The Balaban J connectivity index is 2.47. The first kappa shape index (κ1) is 11.9. The van der Waals surface area contributed by atoms with Gasteiger partial charge >= 0.3 is 5.97 Å². The number of carbonyl (C=O) groups is 1. The van der Waals surface area contributed by atoms with Crippen LogP contribution >= 0.6 is 0 Å². The number of anilines is 1. The zero-order valence-electron chi connectivity index (χ0n) is 9.38. The van der Waals surface area contributed by atoms with Crippen LogP contribution in [0, 0.1) is 6.92 Å². The topological polar surface area (TPSA) is 74.7 Å². The van der Waals surface area contributed by atoms with Crippen LogP contribution in [0.2, 0.25) is 0 Å². The van der Waals surface area contributed by atoms with Crippen LogP contribution in [0.3, 0.4) is 0 Å². The first-order valence-corrected chi connectivity index (χ1v) is 6.87. The second kappa shape index (κ2) is 4.03. The number of benzene rings is 1. The van der Waals surface area contributed by atoms with Gasteiger partial charge in [0.15, 0.2) is 0 Å². The normalized spacial score (nSPS) is 18.3. The molecule has 5 nitrogen and oxygen atoms in total. The van der Waals surface area contributed by atoms with E-state index in [1.165, 1.54) is 10.4 Å². The van der Waals surface area contributed by atoms with Gasteiger partial charge in [0.1, 0.15) is 0 Å². The fourth-order valence-electron chi connectivity index (χ4n) is 1.93. The molecule has 1 N–H and O–H groups in total. The quantitative estimate of drug-likeness (QED) is 0.862. The Morgan fingerprint density at radius 2 is 2.12 bits per heavy atom. The molecule has 6 heteroatoms. The van der Waals surface area contributed by atoms with Crippen LogP contribution in [0.25, 0.3) is 0 Å². The van der Waals surface area contributed by atoms with E-state index >= 15 is 0 Å². The number of aryl methyl sites for hydroxylation is 1. The summed E-state index contributed by atoms with van der Waals surface area (Å²) in [4.78, 5) is 11.0. The molecule has 1 heterocycles. The van der Waals surface area contributed by atoms with Crippen molar-refractivity contribution >= 4 is 21.7 Å². The van der Waals surface area contributed by atoms with Crippen LogP contribution in [0.15, 0.2) is 18.2 Å². The SMILES string of the molecule is Cc1ccc(N2CCCS2(=O)=O)cc1C(=O)O. The highest BCUT2D eigenvalue weighted by atomic mass is 32.2. The summed E-state index contributed by atoms with van der Waals surface area (Å²) >= 11 is 0. The third-order valence-corrected chi connectivity index (χ3v) is 4.71. The maximum absolute atomic E-state index is 11.7. The van der Waals surface area contributed by atoms with Gasteiger partial charge in [-0.25, -0.2) is 13.2 Å². The van der Waals surface area contributed by atoms with E-state index in [1.54, 1.807) is 19.1 Å². The van der Waals surface area contributed by atoms with E-state index in [4.69, 9.17) is 5.11 Å². The third-order valence-electron chi connectivity index (χ3n) is 2.84. The summed E-state index contributed by atoms with van der Waals surface area (Å²) < 4.78 is 24.7. The minimum Gasteiger partial charge on any atom is -0.478 e. The molecule has 1 aliphatic heterocycles. The van der Waals surface area contributed by atoms with Crippen LogP contribution in [0.4, 0.5) is 5.69 Å². The Kier molecular flexibility index (Phi) is 2.82. The summed E-state index contributed by atoms with van der Waals surface area (Å²) in [6.45, 7) is 2.11. The van der Waals surface area contributed by atoms with Crippen molar-refractivity contribution < 1.29 is 18.3 Å². The van der Waals surface area contributed by atoms with Crippen molar-refractivity contribution in [2.45, 2.75) is 13.3 Å². The van der Waals surface area contributed by atoms with Gasteiger partial charge in [0.2, 0.25) is 10.0 Å². The average Bonchev–Trinajstić information content (AvgIpc) is 2.58. The van der Waals surface area contributed by atoms with E-state index in [1.807, 2.05) is 0 Å². The molecule has 0 spiro atoms. The second-order valence-corrected chi connectivity index (χ2v) is 6.06. The molecule has 0 bridgehead atoms. The zero-order chi connectivity index (χ0) is 12.6. The smallest absolute Gasteiger partial charge is 0.336 e. The molecule has 0 saturated carbocycles. The van der Waals surface area contributed by atoms with Crippen LogP contribution in [-0.4, -0.2) is 31.8 Å². The number of hydrogen-bond donors (Lipinski definition) is 1. The van der Waals surface area contributed by atoms with E-state index in [0.29, 0.717) is 24.2 Å². The largest absolute Gasteiger partial charge is 0.478 e. The zero-order valence-corrected chi connectivity index (χ0v) is 10.2. The van der Waals surface area contributed by atoms with Gasteiger partial charge in [0.25, 0.3) is 0 Å². The van der Waals surface area contributed by atoms with Crippen LogP contribution < -0.4 is 4.31 Å². The van der Waals surface area contributed by atoms with Crippen molar-refractivity contribution in [3.8, 4) is 0 Å². The molecule has 0 radical (unpaired) electrons. The van der Waals surface area contributed by atoms with Crippen LogP contribution in [0.5, 0.6) is 0 Å². The van der Waals surface area contributed by atoms with Crippen molar-refractivity contribution in [3.05, 3.63) is 29.3 Å². The van der Waals surface area contributed by atoms with Gasteiger partial charge in [-0.05, 0) is 31.0 Å². The predicted molar refractivity (Wildman–Crippen MR) is 63.9 cm³/mol. The summed E-state index contributed by atoms with van der Waals surface area (Å²) in [7, 11) is -3.26. The lowest BCUT2D eigenvalue weighted by Gasteiger charge is -2.17. The number of carboxylic acid groups (broad SMARTS) is 1. The van der Waals surface area contributed by atoms with E-state index < -0.39 is 16.0 Å². The molecule has 2 rings (SSSR count). The summed E-state index contributed by atoms with van der Waals surface area (Å²) in [6.07, 6.45) is 0.582. The van der Waals surface area contributed by atoms with Crippen molar-refractivity contribution in [3.63, 3.8) is 0 Å². The molecule has 1 aromatic carbocycles. The molecule has 1 aliphatic rings. The van der Waals surface area contributed by atoms with Crippen molar-refractivity contribution in [2.24, 2.45) is 0 Å². The Hall–Kier alpha value is -1.56. The van der Waals surface area contributed by atoms with Crippen LogP contribution in [-0.2, 0) is 10.0 Å². The molecule has 1 fully saturated rings. The van der Waals surface area contributed by atoms with Gasteiger partial charge in [-0.2, -0.15) is 0 Å². The molecule has 1 aromatic rings. The standard InChI is InChI=1S/C11H13NO4S/c1-8-3-4-9(7-10(8)11(13)14)12-5-2-6-17(12,15)16/h3-4,7H,2,5-6H2,1H3,(H,13,14). The Morgan fingerprint density at radius 1 is 1.41 bits per heavy atom. The van der Waals surface area contributed by atoms with Crippen LogP contribution in [0.1, 0.15) is 22.3 Å². The van der Waals surface area contributed by atoms with E-state index in [0.717, 1.165) is 0 Å². The maximum atomic E-state index is 11.7. The average molecular weight is 255 g/mol. The Labute approximate surface area is 99.7 Å². The lowest BCUT2D eigenvalue weighted by molar-refractivity contribution is 0.0696. The number of carboxylic acids is 1. The van der Waals surface area contributed by atoms with Gasteiger partial charge in [0.05, 0.1) is 17.0 Å². The van der Waals surface area contributed by atoms with Crippen molar-refractivity contribution in [1.82, 2.24) is 0 Å². The molecule has 17 heavy (non-hydrogen) atoms. The molecule has 0 atom stereocenters. The molecule has 1 saturated heterocycles. The lowest BCUT2D eigenvalue weighted by Crippen LogP contribution is -2.25. The fourth-order valence-corrected chi connectivity index (χ4v) is 3.48. The lowest BCUT2D eigenvalue weighted by atomic mass is 10.1. The Bertz CT molecular complexity index is 565. The Morgan fingerprint density at radius 3 is 2.65 bits per heavy atom. The highest BCUT2D eigenvalue weighted by molar-refractivity contribution is 7.93. The molecule has 0 amide bonds. The highest BCUT2D eigenvalue weighted by Gasteiger charge is 2.28. The molecular formula is C11H13NO4S. The summed E-state index contributed by atoms with van der Waals surface area (Å²) in [6, 6.07) is 4.69. The summed E-state index contributed by atoms with van der Waals surface area (Å²) in [5.74, 6) is -0.913. The molecule has 0 unspecified atom stereocenters. The molecular weight excluding hydrogens is 242 g/mol. The number of rotatable bonds is 2. The highest BCUT2D eigenvalue weighted by Crippen LogP contribution is 2.26. The summed E-state index contributed by atoms with van der Waals surface area (Å²) in [5, 5.41) is 9.00. The minimum atomic E-state index is -3.26. The minimum absolute atomic E-state index is 0.128. The monoisotopic (exact) mass is 255 g/mol. The molecule has 92 valence electrons. The number of aromatic carboxylic acids is 1. The van der Waals surface area contributed by atoms with Crippen molar-refractivity contribution in [2.75, 3.05) is 16.6 Å². The van der Waals surface area contributed by atoms with Gasteiger partial charge in [-0.3, -0.25) is 4.31 Å². The molecule has 0 aliphatic carbocycles. The van der Waals surface area contributed by atoms with Gasteiger partial charge in [-0.1, -0.05) is 6.07 Å². The van der Waals surface area contributed by atoms with E-state index in [9.17, 15) is 13.2 Å². The van der Waals surface area contributed by atoms with Gasteiger partial charge in [-0.15, -0.1) is 0 Å². The van der Waals surface area contributed by atoms with E-state index in [2.05, 4.69) is 0 Å². The van der Waals surface area contributed by atoms with Gasteiger partial charge in [0, 0.05) is 6.54 Å². The van der Waals surface area contributed by atoms with E-state index in [-0.39, 0.29) is 11.3 Å². The first-order chi connectivity index (χ1) is 7.92. The van der Waals surface area contributed by atoms with Gasteiger partial charge < -0.3 is 5.11 Å². The number of hydrogen-bond acceptors (Lipinski definition) is 3. The fraction of sp³-hybridized carbons (Fsp3) is 0.364. The summed E-state index contributed by atoms with van der Waals surface area (Å²) in [5.41, 5.74) is 1.20. The number of sulfonamides is 1. The third kappa shape index (κ3) is 2.12. The van der Waals surface area contributed by atoms with Crippen molar-refractivity contribution in [1.29, 1.82) is 0 Å². The predicted octanol–water partition coefficient (Wildman–Crippen LogP) is 1.23. The number of nitrogens with zero attached hydrogens (tertiary/aromatic N) is 1. The second-order valence-electron chi connectivity index (χ2n) is 4.05. The maximum Gasteiger partial charge on any atom is 0.336 e. The molecule has 0 aromatic heterocycles.